The van der Waals surface area contributed by atoms with Gasteiger partial charge in [0.2, 0.25) is 0 Å². The number of aromatic nitrogens is 5. The van der Waals surface area contributed by atoms with Gasteiger partial charge in [0.25, 0.3) is 0 Å². The zero-order chi connectivity index (χ0) is 40.9. The summed E-state index contributed by atoms with van der Waals surface area (Å²) in [5.41, 5.74) is 22.6. The molecule has 0 radical (unpaired) electrons. The Bertz CT molecular complexity index is 3260. The largest absolute Gasteiger partial charge is 0.384 e. The fourth-order valence-corrected chi connectivity index (χ4v) is 9.23. The predicted octanol–water partition coefficient (Wildman–Crippen LogP) is 13.9. The number of aryl methyl sites for hydroxylation is 3. The van der Waals surface area contributed by atoms with Crippen LogP contribution >= 0.6 is 0 Å². The predicted molar refractivity (Wildman–Crippen MR) is 254 cm³/mol. The Balaban J connectivity index is 1.08. The molecular formula is C54H50N6. The number of benzene rings is 5. The topological polar surface area (TPSA) is 66.6 Å². The van der Waals surface area contributed by atoms with Crippen molar-refractivity contribution in [1.29, 1.82) is 0 Å². The molecule has 5 heterocycles. The van der Waals surface area contributed by atoms with E-state index in [-0.39, 0.29) is 0 Å². The van der Waals surface area contributed by atoms with Crippen molar-refractivity contribution in [2.24, 2.45) is 0 Å². The van der Waals surface area contributed by atoms with Crippen LogP contribution in [0.3, 0.4) is 0 Å². The molecule has 0 saturated heterocycles. The van der Waals surface area contributed by atoms with Crippen LogP contribution in [0.5, 0.6) is 0 Å². The van der Waals surface area contributed by atoms with Crippen molar-refractivity contribution in [3.63, 3.8) is 0 Å². The van der Waals surface area contributed by atoms with E-state index >= 15 is 0 Å². The lowest BCUT2D eigenvalue weighted by atomic mass is 10.0. The highest BCUT2D eigenvalue weighted by Gasteiger charge is 2.20. The minimum Gasteiger partial charge on any atom is -0.384 e. The fourth-order valence-electron chi connectivity index (χ4n) is 9.23. The van der Waals surface area contributed by atoms with E-state index in [0.717, 1.165) is 96.5 Å². The maximum Gasteiger partial charge on any atom is 0.145 e. The van der Waals surface area contributed by atoms with Crippen molar-refractivity contribution in [2.75, 3.05) is 5.73 Å². The van der Waals surface area contributed by atoms with Gasteiger partial charge in [-0.2, -0.15) is 0 Å². The summed E-state index contributed by atoms with van der Waals surface area (Å²) in [5, 5.41) is 5.83. The van der Waals surface area contributed by atoms with Gasteiger partial charge in [-0.1, -0.05) is 75.2 Å². The van der Waals surface area contributed by atoms with Crippen LogP contribution in [0.25, 0.3) is 89.0 Å². The molecule has 0 aliphatic rings. The van der Waals surface area contributed by atoms with Gasteiger partial charge in [-0.15, -0.1) is 0 Å². The summed E-state index contributed by atoms with van der Waals surface area (Å²) in [4.78, 5) is 10.0. The second-order valence-corrected chi connectivity index (χ2v) is 16.3. The minimum atomic E-state index is 0.745. The standard InChI is InChI=1S/C54H50N6/c1-5-8-13-36-18-22-40(23-19-36)58-49-26-21-39(32-46(49)43(12-7-3)52(58)55)38-15-10-16-41(31-38)59-51-27-24-42(33-47(51)44-17-11-28-56-53(44)59)60-50-25-20-37(14-9-6-2)30-45(50)48-29-35(4)34-57-54(48)60/h7,10-12,15-34H,5-6,8-9,13-14,55H2,1-4H3/b12-7-. The molecule has 0 spiro atoms. The summed E-state index contributed by atoms with van der Waals surface area (Å²) in [6.07, 6.45) is 15.0. The first-order chi connectivity index (χ1) is 29.4. The number of nitrogen functional groups attached to an aromatic ring is 1. The van der Waals surface area contributed by atoms with Gasteiger partial charge in [0, 0.05) is 62.0 Å². The summed E-state index contributed by atoms with van der Waals surface area (Å²) in [7, 11) is 0. The minimum absolute atomic E-state index is 0.745. The van der Waals surface area contributed by atoms with Gasteiger partial charge in [-0.05, 0) is 152 Å². The average molecular weight is 783 g/mol. The Kier molecular flexibility index (Phi) is 9.56. The summed E-state index contributed by atoms with van der Waals surface area (Å²) < 4.78 is 6.82. The second kappa shape index (κ2) is 15.4. The van der Waals surface area contributed by atoms with Crippen molar-refractivity contribution in [2.45, 2.75) is 66.2 Å². The van der Waals surface area contributed by atoms with Crippen LogP contribution < -0.4 is 5.73 Å². The molecule has 0 aliphatic heterocycles. The molecule has 5 aromatic carbocycles. The highest BCUT2D eigenvalue weighted by Crippen LogP contribution is 2.39. The summed E-state index contributed by atoms with van der Waals surface area (Å²) in [5.74, 6) is 0.745. The van der Waals surface area contributed by atoms with Gasteiger partial charge >= 0.3 is 0 Å². The third-order valence-electron chi connectivity index (χ3n) is 12.2. The molecule has 5 aromatic heterocycles. The molecule has 6 nitrogen and oxygen atoms in total. The Hall–Kier alpha value is -6.92. The van der Waals surface area contributed by atoms with Crippen LogP contribution in [0.4, 0.5) is 5.82 Å². The number of nitrogens with two attached hydrogens (primary N) is 1. The Morgan fingerprint density at radius 1 is 0.550 bits per heavy atom. The van der Waals surface area contributed by atoms with Gasteiger partial charge in [-0.3, -0.25) is 13.7 Å². The number of nitrogens with zero attached hydrogens (tertiary/aromatic N) is 5. The Morgan fingerprint density at radius 3 is 1.98 bits per heavy atom. The quantitative estimate of drug-likeness (QED) is 0.142. The van der Waals surface area contributed by atoms with Crippen molar-refractivity contribution in [3.8, 4) is 28.2 Å². The number of allylic oxidation sites excluding steroid dienone is 1. The summed E-state index contributed by atoms with van der Waals surface area (Å²) in [6.45, 7) is 8.66. The number of rotatable bonds is 11. The van der Waals surface area contributed by atoms with E-state index in [1.165, 1.54) is 53.1 Å². The maximum absolute atomic E-state index is 6.96. The number of hydrogen-bond acceptors (Lipinski definition) is 3. The molecule has 0 atom stereocenters. The van der Waals surface area contributed by atoms with Crippen molar-refractivity contribution < 1.29 is 0 Å². The number of hydrogen-bond donors (Lipinski definition) is 1. The van der Waals surface area contributed by atoms with Crippen molar-refractivity contribution >= 4 is 66.7 Å². The molecule has 296 valence electrons. The van der Waals surface area contributed by atoms with Crippen molar-refractivity contribution in [1.82, 2.24) is 23.7 Å². The molecule has 0 fully saturated rings. The van der Waals surface area contributed by atoms with Gasteiger partial charge in [0.05, 0.1) is 16.6 Å². The van der Waals surface area contributed by atoms with E-state index in [0.29, 0.717) is 0 Å². The molecule has 60 heavy (non-hydrogen) atoms. The van der Waals surface area contributed by atoms with E-state index in [1.54, 1.807) is 0 Å². The first-order valence-corrected chi connectivity index (χ1v) is 21.5. The maximum atomic E-state index is 6.96. The molecule has 0 amide bonds. The smallest absolute Gasteiger partial charge is 0.145 e. The Labute approximate surface area is 351 Å². The SMILES string of the molecule is C/C=C\c1c(N)n(-c2ccc(CCCC)cc2)c2ccc(-c3cccc(-n4c5ccc(-n6c7ccc(CCCC)cc7c7cc(C)cnc76)cc5c5cccnc54)c3)cc12. The van der Waals surface area contributed by atoms with Gasteiger partial charge in [-0.25, -0.2) is 9.97 Å². The lowest BCUT2D eigenvalue weighted by Crippen LogP contribution is -2.00. The van der Waals surface area contributed by atoms with Crippen LogP contribution in [0.1, 0.15) is 68.7 Å². The highest BCUT2D eigenvalue weighted by molar-refractivity contribution is 6.11. The lowest BCUT2D eigenvalue weighted by molar-refractivity contribution is 0.795. The zero-order valence-electron chi connectivity index (χ0n) is 34.9. The normalized spacial score (nSPS) is 12.1. The fraction of sp³-hybridized carbons (Fsp3) is 0.185. The summed E-state index contributed by atoms with van der Waals surface area (Å²) >= 11 is 0. The third-order valence-corrected chi connectivity index (χ3v) is 12.2. The van der Waals surface area contributed by atoms with Crippen LogP contribution in [0.15, 0.2) is 140 Å². The number of anilines is 1. The first kappa shape index (κ1) is 37.4. The number of fused-ring (bicyclic) bond motifs is 7. The molecule has 0 saturated carbocycles. The molecule has 10 rings (SSSR count). The van der Waals surface area contributed by atoms with E-state index < -0.39 is 0 Å². The van der Waals surface area contributed by atoms with Crippen LogP contribution in [0.2, 0.25) is 0 Å². The third kappa shape index (κ3) is 6.26. The molecule has 6 heteroatoms. The van der Waals surface area contributed by atoms with E-state index in [2.05, 4.69) is 162 Å². The van der Waals surface area contributed by atoms with E-state index in [4.69, 9.17) is 15.7 Å². The van der Waals surface area contributed by atoms with E-state index in [1.807, 2.05) is 25.4 Å². The van der Waals surface area contributed by atoms with Gasteiger partial charge < -0.3 is 5.73 Å². The molecule has 10 aromatic rings. The van der Waals surface area contributed by atoms with Crippen LogP contribution in [-0.4, -0.2) is 23.7 Å². The number of unbranched alkanes of at least 4 members (excludes halogenated alkanes) is 2. The first-order valence-electron chi connectivity index (χ1n) is 21.5. The lowest BCUT2D eigenvalue weighted by Gasteiger charge is -2.12. The summed E-state index contributed by atoms with van der Waals surface area (Å²) in [6, 6.07) is 44.7. The van der Waals surface area contributed by atoms with Crippen LogP contribution in [0, 0.1) is 6.92 Å². The molecule has 0 aliphatic carbocycles. The molecule has 2 N–H and O–H groups in total. The number of pyridine rings is 2. The molecule has 0 unspecified atom stereocenters. The highest BCUT2D eigenvalue weighted by atomic mass is 15.1. The zero-order valence-corrected chi connectivity index (χ0v) is 34.9. The molecular weight excluding hydrogens is 733 g/mol. The molecule has 0 bridgehead atoms. The van der Waals surface area contributed by atoms with Gasteiger partial charge in [0.15, 0.2) is 0 Å². The van der Waals surface area contributed by atoms with Crippen molar-refractivity contribution in [3.05, 3.63) is 162 Å². The van der Waals surface area contributed by atoms with E-state index in [9.17, 15) is 0 Å². The Morgan fingerprint density at radius 2 is 1.20 bits per heavy atom. The average Bonchev–Trinajstić information content (AvgIpc) is 3.89. The van der Waals surface area contributed by atoms with Crippen LogP contribution in [-0.2, 0) is 12.8 Å². The van der Waals surface area contributed by atoms with Gasteiger partial charge in [0.1, 0.15) is 17.1 Å². The second-order valence-electron chi connectivity index (χ2n) is 16.3. The monoisotopic (exact) mass is 782 g/mol.